The Morgan fingerprint density at radius 2 is 1.97 bits per heavy atom. The number of nitrogens with one attached hydrogen (secondary N) is 2. The monoisotopic (exact) mass is 520 g/mol. The SMILES string of the molecule is CN=C(NCCCc1nnc2ccccn12)NC1CCN(c2ccccn2)CC1.I. The summed E-state index contributed by atoms with van der Waals surface area (Å²) in [5.41, 5.74) is 0.894. The fourth-order valence-corrected chi connectivity index (χ4v) is 3.70. The van der Waals surface area contributed by atoms with E-state index in [4.69, 9.17) is 0 Å². The normalized spacial score (nSPS) is 15.1. The van der Waals surface area contributed by atoms with Crippen LogP contribution < -0.4 is 15.5 Å². The molecular formula is C21H29IN8. The number of nitrogens with zero attached hydrogens (tertiary/aromatic N) is 6. The lowest BCUT2D eigenvalue weighted by atomic mass is 10.1. The number of halogens is 1. The largest absolute Gasteiger partial charge is 0.356 e. The number of guanidine groups is 1. The molecule has 0 spiro atoms. The molecule has 0 amide bonds. The molecule has 0 saturated carbocycles. The third-order valence-electron chi connectivity index (χ3n) is 5.29. The van der Waals surface area contributed by atoms with Gasteiger partial charge in [-0.15, -0.1) is 34.2 Å². The number of aliphatic imine (C=N–C) groups is 1. The first kappa shape index (κ1) is 22.3. The van der Waals surface area contributed by atoms with Gasteiger partial charge >= 0.3 is 0 Å². The Morgan fingerprint density at radius 3 is 2.73 bits per heavy atom. The van der Waals surface area contributed by atoms with Crippen molar-refractivity contribution in [2.75, 3.05) is 31.6 Å². The molecule has 1 fully saturated rings. The Morgan fingerprint density at radius 1 is 1.13 bits per heavy atom. The fraction of sp³-hybridized carbons (Fsp3) is 0.429. The molecule has 0 radical (unpaired) electrons. The number of pyridine rings is 2. The molecule has 0 bridgehead atoms. The van der Waals surface area contributed by atoms with Crippen molar-refractivity contribution in [3.63, 3.8) is 0 Å². The lowest BCUT2D eigenvalue weighted by molar-refractivity contribution is 0.459. The van der Waals surface area contributed by atoms with Gasteiger partial charge < -0.3 is 15.5 Å². The summed E-state index contributed by atoms with van der Waals surface area (Å²) in [7, 11) is 1.82. The highest BCUT2D eigenvalue weighted by molar-refractivity contribution is 14.0. The number of aryl methyl sites for hydroxylation is 1. The molecule has 1 aliphatic heterocycles. The van der Waals surface area contributed by atoms with Crippen molar-refractivity contribution in [2.45, 2.75) is 31.7 Å². The van der Waals surface area contributed by atoms with Gasteiger partial charge in [-0.25, -0.2) is 4.98 Å². The molecule has 8 nitrogen and oxygen atoms in total. The van der Waals surface area contributed by atoms with E-state index in [0.29, 0.717) is 6.04 Å². The van der Waals surface area contributed by atoms with E-state index in [1.165, 1.54) is 0 Å². The molecule has 0 aliphatic carbocycles. The second kappa shape index (κ2) is 11.1. The van der Waals surface area contributed by atoms with Crippen LogP contribution in [0.5, 0.6) is 0 Å². The number of fused-ring (bicyclic) bond motifs is 1. The van der Waals surface area contributed by atoms with Crippen molar-refractivity contribution in [2.24, 2.45) is 4.99 Å². The van der Waals surface area contributed by atoms with Gasteiger partial charge in [-0.3, -0.25) is 9.39 Å². The van der Waals surface area contributed by atoms with Crippen LogP contribution in [-0.2, 0) is 6.42 Å². The van der Waals surface area contributed by atoms with Crippen LogP contribution in [0, 0.1) is 0 Å². The van der Waals surface area contributed by atoms with Crippen molar-refractivity contribution >= 4 is 41.4 Å². The molecular weight excluding hydrogens is 491 g/mol. The summed E-state index contributed by atoms with van der Waals surface area (Å²) in [6, 6.07) is 12.5. The maximum absolute atomic E-state index is 4.45. The maximum atomic E-state index is 4.45. The molecule has 0 unspecified atom stereocenters. The Labute approximate surface area is 194 Å². The number of hydrogen-bond donors (Lipinski definition) is 2. The van der Waals surface area contributed by atoms with Crippen LogP contribution in [0.25, 0.3) is 5.65 Å². The summed E-state index contributed by atoms with van der Waals surface area (Å²) in [6.07, 6.45) is 7.85. The zero-order valence-corrected chi connectivity index (χ0v) is 19.6. The molecule has 3 aromatic rings. The Hall–Kier alpha value is -2.43. The smallest absolute Gasteiger partial charge is 0.191 e. The van der Waals surface area contributed by atoms with Crippen molar-refractivity contribution in [3.8, 4) is 0 Å². The molecule has 1 saturated heterocycles. The van der Waals surface area contributed by atoms with Crippen LogP contribution in [-0.4, -0.2) is 58.3 Å². The Kier molecular flexibility index (Phi) is 8.23. The number of hydrogen-bond acceptors (Lipinski definition) is 5. The average Bonchev–Trinajstić information content (AvgIpc) is 3.20. The predicted octanol–water partition coefficient (Wildman–Crippen LogP) is 2.51. The number of aromatic nitrogens is 4. The lowest BCUT2D eigenvalue weighted by Gasteiger charge is -2.33. The van der Waals surface area contributed by atoms with Crippen molar-refractivity contribution in [1.29, 1.82) is 0 Å². The van der Waals surface area contributed by atoms with Gasteiger partial charge in [0.15, 0.2) is 11.6 Å². The summed E-state index contributed by atoms with van der Waals surface area (Å²) < 4.78 is 2.04. The van der Waals surface area contributed by atoms with Gasteiger partial charge in [0.05, 0.1) is 0 Å². The minimum Gasteiger partial charge on any atom is -0.356 e. The molecule has 0 atom stereocenters. The summed E-state index contributed by atoms with van der Waals surface area (Å²) in [4.78, 5) is 11.2. The molecule has 4 rings (SSSR count). The van der Waals surface area contributed by atoms with Crippen LogP contribution in [0.3, 0.4) is 0 Å². The van der Waals surface area contributed by atoms with Gasteiger partial charge in [-0.2, -0.15) is 0 Å². The summed E-state index contributed by atoms with van der Waals surface area (Å²) in [6.45, 7) is 2.85. The third kappa shape index (κ3) is 5.59. The van der Waals surface area contributed by atoms with Crippen LogP contribution in [0.15, 0.2) is 53.8 Å². The highest BCUT2D eigenvalue weighted by Gasteiger charge is 2.20. The summed E-state index contributed by atoms with van der Waals surface area (Å²) >= 11 is 0. The highest BCUT2D eigenvalue weighted by Crippen LogP contribution is 2.17. The standard InChI is InChI=1S/C21H28N8.HI/c1-22-21(24-13-6-9-20-27-26-19-8-3-5-14-29(19)20)25-17-10-15-28(16-11-17)18-7-2-4-12-23-18;/h2-5,7-8,12,14,17H,6,9-11,13,15-16H2,1H3,(H2,22,24,25);1H. The van der Waals surface area contributed by atoms with Crippen molar-refractivity contribution in [3.05, 3.63) is 54.6 Å². The topological polar surface area (TPSA) is 82.7 Å². The number of piperidine rings is 1. The molecule has 0 aromatic carbocycles. The van der Waals surface area contributed by atoms with E-state index >= 15 is 0 Å². The van der Waals surface area contributed by atoms with Crippen molar-refractivity contribution < 1.29 is 0 Å². The van der Waals surface area contributed by atoms with E-state index in [1.807, 2.05) is 54.2 Å². The first-order valence-corrected chi connectivity index (χ1v) is 10.3. The number of anilines is 1. The van der Waals surface area contributed by atoms with Gasteiger partial charge in [0.2, 0.25) is 0 Å². The van der Waals surface area contributed by atoms with Gasteiger partial charge in [0.25, 0.3) is 0 Å². The van der Waals surface area contributed by atoms with Gasteiger partial charge in [-0.1, -0.05) is 12.1 Å². The minimum absolute atomic E-state index is 0. The Bertz CT molecular complexity index is 934. The van der Waals surface area contributed by atoms with E-state index in [1.54, 1.807) is 0 Å². The van der Waals surface area contributed by atoms with Gasteiger partial charge in [-0.05, 0) is 43.5 Å². The van der Waals surface area contributed by atoms with E-state index in [-0.39, 0.29) is 24.0 Å². The molecule has 2 N–H and O–H groups in total. The summed E-state index contributed by atoms with van der Waals surface area (Å²) in [5, 5.41) is 15.5. The Balaban J connectivity index is 0.00000256. The van der Waals surface area contributed by atoms with Crippen molar-refractivity contribution in [1.82, 2.24) is 30.2 Å². The molecule has 30 heavy (non-hydrogen) atoms. The number of rotatable bonds is 6. The van der Waals surface area contributed by atoms with E-state index in [0.717, 1.165) is 68.6 Å². The molecule has 4 heterocycles. The molecule has 160 valence electrons. The van der Waals surface area contributed by atoms with Crippen LogP contribution in [0.4, 0.5) is 5.82 Å². The zero-order chi connectivity index (χ0) is 19.9. The second-order valence-corrected chi connectivity index (χ2v) is 7.24. The van der Waals surface area contributed by atoms with Crippen LogP contribution in [0.1, 0.15) is 25.1 Å². The molecule has 9 heteroatoms. The third-order valence-corrected chi connectivity index (χ3v) is 5.29. The predicted molar refractivity (Wildman–Crippen MR) is 131 cm³/mol. The van der Waals surface area contributed by atoms with E-state index in [2.05, 4.69) is 41.8 Å². The highest BCUT2D eigenvalue weighted by atomic mass is 127. The average molecular weight is 520 g/mol. The second-order valence-electron chi connectivity index (χ2n) is 7.24. The molecule has 1 aliphatic rings. The van der Waals surface area contributed by atoms with Crippen LogP contribution in [0.2, 0.25) is 0 Å². The molecule has 3 aromatic heterocycles. The van der Waals surface area contributed by atoms with Gasteiger partial charge in [0, 0.05) is 51.5 Å². The first-order chi connectivity index (χ1) is 14.3. The van der Waals surface area contributed by atoms with Gasteiger partial charge in [0.1, 0.15) is 11.6 Å². The minimum atomic E-state index is 0. The van der Waals surface area contributed by atoms with E-state index in [9.17, 15) is 0 Å². The maximum Gasteiger partial charge on any atom is 0.191 e. The fourth-order valence-electron chi connectivity index (χ4n) is 3.70. The zero-order valence-electron chi connectivity index (χ0n) is 17.2. The summed E-state index contributed by atoms with van der Waals surface area (Å²) in [5.74, 6) is 2.93. The van der Waals surface area contributed by atoms with Crippen LogP contribution >= 0.6 is 24.0 Å². The lowest BCUT2D eigenvalue weighted by Crippen LogP contribution is -2.49. The quantitative estimate of drug-likeness (QED) is 0.225. The first-order valence-electron chi connectivity index (χ1n) is 10.3. The van der Waals surface area contributed by atoms with E-state index < -0.39 is 0 Å².